The van der Waals surface area contributed by atoms with Gasteiger partial charge in [0.15, 0.2) is 0 Å². The predicted octanol–water partition coefficient (Wildman–Crippen LogP) is 4.29. The molecule has 0 bridgehead atoms. The highest BCUT2D eigenvalue weighted by Gasteiger charge is 2.39. The first kappa shape index (κ1) is 12.4. The molecule has 94 valence electrons. The van der Waals surface area contributed by atoms with Gasteiger partial charge in [-0.25, -0.2) is 0 Å². The molecule has 0 saturated heterocycles. The van der Waals surface area contributed by atoms with E-state index < -0.39 is 0 Å². The van der Waals surface area contributed by atoms with Gasteiger partial charge in [-0.05, 0) is 43.9 Å². The molecule has 0 aromatic heterocycles. The molecular weight excluding hydrogens is 196 g/mol. The highest BCUT2D eigenvalue weighted by atomic mass is 16.3. The second-order valence-corrected chi connectivity index (χ2v) is 6.17. The highest BCUT2D eigenvalue weighted by molar-refractivity contribution is 4.91. The summed E-state index contributed by atoms with van der Waals surface area (Å²) in [5, 5.41) is 10.8. The summed E-state index contributed by atoms with van der Waals surface area (Å²) in [6, 6.07) is 0. The third kappa shape index (κ3) is 2.80. The van der Waals surface area contributed by atoms with Crippen molar-refractivity contribution in [3.8, 4) is 0 Å². The van der Waals surface area contributed by atoms with Crippen LogP contribution in [0.4, 0.5) is 0 Å². The van der Waals surface area contributed by atoms with Crippen molar-refractivity contribution in [1.29, 1.82) is 0 Å². The largest absolute Gasteiger partial charge is 0.390 e. The molecule has 1 heteroatoms. The molecule has 2 atom stereocenters. The Bertz CT molecular complexity index is 207. The summed E-state index contributed by atoms with van der Waals surface area (Å²) in [5.74, 6) is 1.54. The molecule has 0 aromatic rings. The van der Waals surface area contributed by atoms with Gasteiger partial charge < -0.3 is 5.11 Å². The van der Waals surface area contributed by atoms with Gasteiger partial charge >= 0.3 is 0 Å². The van der Waals surface area contributed by atoms with E-state index in [0.717, 1.165) is 18.8 Å². The fraction of sp³-hybridized carbons (Fsp3) is 1.00. The molecule has 0 heterocycles. The normalized spacial score (nSPS) is 37.5. The average molecular weight is 224 g/mol. The maximum Gasteiger partial charge on any atom is 0.0675 e. The third-order valence-corrected chi connectivity index (χ3v) is 5.02. The Morgan fingerprint density at radius 1 is 1.00 bits per heavy atom. The summed E-state index contributed by atoms with van der Waals surface area (Å²) in [5.41, 5.74) is -0.279. The second-order valence-electron chi connectivity index (χ2n) is 6.17. The molecule has 0 spiro atoms. The van der Waals surface area contributed by atoms with Crippen LogP contribution in [0, 0.1) is 11.8 Å². The Labute approximate surface area is 101 Å². The monoisotopic (exact) mass is 224 g/mol. The van der Waals surface area contributed by atoms with E-state index in [0.29, 0.717) is 5.92 Å². The molecule has 0 radical (unpaired) electrons. The summed E-state index contributed by atoms with van der Waals surface area (Å²) in [4.78, 5) is 0. The van der Waals surface area contributed by atoms with E-state index in [1.807, 2.05) is 0 Å². The quantitative estimate of drug-likeness (QED) is 0.709. The van der Waals surface area contributed by atoms with E-state index in [9.17, 15) is 5.11 Å². The minimum absolute atomic E-state index is 0.279. The molecule has 0 aromatic carbocycles. The number of hydrogen-bond acceptors (Lipinski definition) is 1. The van der Waals surface area contributed by atoms with Gasteiger partial charge in [0.05, 0.1) is 5.60 Å². The maximum atomic E-state index is 10.8. The van der Waals surface area contributed by atoms with Gasteiger partial charge in [0.2, 0.25) is 0 Å². The summed E-state index contributed by atoms with van der Waals surface area (Å²) >= 11 is 0. The molecule has 1 N–H and O–H groups in total. The van der Waals surface area contributed by atoms with Crippen LogP contribution in [0.1, 0.15) is 77.6 Å². The maximum absolute atomic E-state index is 10.8. The molecular formula is C15H28O. The Morgan fingerprint density at radius 3 is 2.44 bits per heavy atom. The average Bonchev–Trinajstić information content (AvgIpc) is 2.74. The number of aliphatic hydroxyl groups is 1. The predicted molar refractivity (Wildman–Crippen MR) is 68.4 cm³/mol. The first-order valence-corrected chi connectivity index (χ1v) is 7.47. The van der Waals surface area contributed by atoms with Crippen molar-refractivity contribution in [1.82, 2.24) is 0 Å². The van der Waals surface area contributed by atoms with Crippen molar-refractivity contribution in [2.45, 2.75) is 83.2 Å². The first-order valence-electron chi connectivity index (χ1n) is 7.47. The van der Waals surface area contributed by atoms with Crippen molar-refractivity contribution < 1.29 is 5.11 Å². The highest BCUT2D eigenvalue weighted by Crippen LogP contribution is 2.43. The van der Waals surface area contributed by atoms with Crippen LogP contribution >= 0.6 is 0 Å². The lowest BCUT2D eigenvalue weighted by molar-refractivity contribution is -0.0305. The molecule has 2 aliphatic rings. The molecule has 2 fully saturated rings. The minimum atomic E-state index is -0.279. The fourth-order valence-corrected chi connectivity index (χ4v) is 3.99. The van der Waals surface area contributed by atoms with Gasteiger partial charge in [0.25, 0.3) is 0 Å². The molecule has 0 amide bonds. The van der Waals surface area contributed by atoms with E-state index >= 15 is 0 Å². The smallest absolute Gasteiger partial charge is 0.0675 e. The Morgan fingerprint density at radius 2 is 1.75 bits per heavy atom. The molecule has 1 nitrogen and oxygen atoms in total. The van der Waals surface area contributed by atoms with Crippen LogP contribution < -0.4 is 0 Å². The van der Waals surface area contributed by atoms with Crippen molar-refractivity contribution in [2.75, 3.05) is 0 Å². The van der Waals surface area contributed by atoms with E-state index in [1.54, 1.807) is 0 Å². The zero-order valence-electron chi connectivity index (χ0n) is 10.9. The number of hydrogen-bond donors (Lipinski definition) is 1. The fourth-order valence-electron chi connectivity index (χ4n) is 3.99. The zero-order valence-corrected chi connectivity index (χ0v) is 10.9. The minimum Gasteiger partial charge on any atom is -0.390 e. The van der Waals surface area contributed by atoms with Crippen LogP contribution in [0.5, 0.6) is 0 Å². The van der Waals surface area contributed by atoms with E-state index in [-0.39, 0.29) is 5.60 Å². The molecule has 16 heavy (non-hydrogen) atoms. The Balaban J connectivity index is 1.90. The van der Waals surface area contributed by atoms with Crippen molar-refractivity contribution >= 4 is 0 Å². The van der Waals surface area contributed by atoms with Gasteiger partial charge in [-0.2, -0.15) is 0 Å². The molecule has 2 rings (SSSR count). The van der Waals surface area contributed by atoms with Crippen molar-refractivity contribution in [3.63, 3.8) is 0 Å². The Kier molecular flexibility index (Phi) is 4.29. The van der Waals surface area contributed by atoms with E-state index in [4.69, 9.17) is 0 Å². The van der Waals surface area contributed by atoms with Crippen LogP contribution in [-0.2, 0) is 0 Å². The SMILES string of the molecule is CCCC1CCCC(O)(C2CCCC2)CC1. The van der Waals surface area contributed by atoms with Gasteiger partial charge in [0, 0.05) is 0 Å². The van der Waals surface area contributed by atoms with E-state index in [1.165, 1.54) is 57.8 Å². The van der Waals surface area contributed by atoms with Crippen LogP contribution in [0.25, 0.3) is 0 Å². The van der Waals surface area contributed by atoms with E-state index in [2.05, 4.69) is 6.92 Å². The van der Waals surface area contributed by atoms with Gasteiger partial charge in [-0.3, -0.25) is 0 Å². The molecule has 2 unspecified atom stereocenters. The standard InChI is InChI=1S/C15H28O/c1-2-6-13-7-5-11-15(16,12-10-13)14-8-3-4-9-14/h13-14,16H,2-12H2,1H3. The third-order valence-electron chi connectivity index (χ3n) is 5.02. The molecule has 0 aliphatic heterocycles. The van der Waals surface area contributed by atoms with Crippen LogP contribution in [0.15, 0.2) is 0 Å². The summed E-state index contributed by atoms with van der Waals surface area (Å²) in [6.07, 6.45) is 14.0. The molecule has 2 saturated carbocycles. The topological polar surface area (TPSA) is 20.2 Å². The van der Waals surface area contributed by atoms with Gasteiger partial charge in [-0.1, -0.05) is 45.4 Å². The van der Waals surface area contributed by atoms with Crippen LogP contribution in [0.2, 0.25) is 0 Å². The lowest BCUT2D eigenvalue weighted by Crippen LogP contribution is -2.36. The summed E-state index contributed by atoms with van der Waals surface area (Å²) < 4.78 is 0. The summed E-state index contributed by atoms with van der Waals surface area (Å²) in [6.45, 7) is 2.29. The van der Waals surface area contributed by atoms with Gasteiger partial charge in [0.1, 0.15) is 0 Å². The molecule has 2 aliphatic carbocycles. The zero-order chi connectivity index (χ0) is 11.4. The Hall–Kier alpha value is -0.0400. The van der Waals surface area contributed by atoms with Crippen LogP contribution in [0.3, 0.4) is 0 Å². The lowest BCUT2D eigenvalue weighted by Gasteiger charge is -2.33. The van der Waals surface area contributed by atoms with Crippen LogP contribution in [-0.4, -0.2) is 10.7 Å². The second kappa shape index (κ2) is 5.53. The summed E-state index contributed by atoms with van der Waals surface area (Å²) in [7, 11) is 0. The number of rotatable bonds is 3. The lowest BCUT2D eigenvalue weighted by atomic mass is 9.80. The van der Waals surface area contributed by atoms with Crippen molar-refractivity contribution in [2.24, 2.45) is 11.8 Å². The van der Waals surface area contributed by atoms with Gasteiger partial charge in [-0.15, -0.1) is 0 Å². The van der Waals surface area contributed by atoms with Crippen molar-refractivity contribution in [3.05, 3.63) is 0 Å². The first-order chi connectivity index (χ1) is 7.74.